The molecule has 0 N–H and O–H groups in total. The third-order valence-corrected chi connectivity index (χ3v) is 4.08. The highest BCUT2D eigenvalue weighted by atomic mass is 15.1. The highest BCUT2D eigenvalue weighted by Crippen LogP contribution is 2.26. The van der Waals surface area contributed by atoms with E-state index in [0.29, 0.717) is 0 Å². The number of nitrogens with zero attached hydrogens (tertiary/aromatic N) is 3. The molecule has 0 saturated heterocycles. The van der Waals surface area contributed by atoms with Gasteiger partial charge in [0, 0.05) is 24.3 Å². The van der Waals surface area contributed by atoms with Crippen molar-refractivity contribution in [3.8, 4) is 11.3 Å². The summed E-state index contributed by atoms with van der Waals surface area (Å²) < 4.78 is 2.32. The molecule has 0 atom stereocenters. The van der Waals surface area contributed by atoms with Crippen LogP contribution in [-0.2, 0) is 19.4 Å². The Kier molecular flexibility index (Phi) is 3.88. The molecule has 1 aromatic heterocycles. The molecule has 106 valence electrons. The summed E-state index contributed by atoms with van der Waals surface area (Å²) in [6.07, 6.45) is 6.85. The van der Waals surface area contributed by atoms with E-state index in [-0.39, 0.29) is 0 Å². The molecule has 0 spiro atoms. The van der Waals surface area contributed by atoms with Crippen LogP contribution in [0.5, 0.6) is 0 Å². The van der Waals surface area contributed by atoms with Gasteiger partial charge in [0.1, 0.15) is 0 Å². The Morgan fingerprint density at radius 1 is 1.15 bits per heavy atom. The number of aryl methyl sites for hydroxylation is 1. The Labute approximate surface area is 121 Å². The molecular weight excluding hydrogens is 246 g/mol. The molecule has 3 nitrogen and oxygen atoms in total. The number of hydrogen-bond donors (Lipinski definition) is 0. The molecule has 0 amide bonds. The van der Waals surface area contributed by atoms with Crippen molar-refractivity contribution in [3.63, 3.8) is 0 Å². The predicted octanol–water partition coefficient (Wildman–Crippen LogP) is 2.99. The van der Waals surface area contributed by atoms with Crippen LogP contribution in [0.1, 0.15) is 24.1 Å². The van der Waals surface area contributed by atoms with Crippen LogP contribution in [0.2, 0.25) is 0 Å². The Morgan fingerprint density at radius 3 is 2.70 bits per heavy atom. The van der Waals surface area contributed by atoms with E-state index in [0.717, 1.165) is 25.9 Å². The largest absolute Gasteiger partial charge is 0.334 e. The SMILES string of the molecule is CN(C)CCc1ccc(-c2ncn3c2CCCC3)cc1. The molecule has 0 aliphatic carbocycles. The first kappa shape index (κ1) is 13.4. The van der Waals surface area contributed by atoms with Gasteiger partial charge in [-0.3, -0.25) is 0 Å². The fraction of sp³-hybridized carbons (Fsp3) is 0.471. The summed E-state index contributed by atoms with van der Waals surface area (Å²) in [5, 5.41) is 0. The van der Waals surface area contributed by atoms with Gasteiger partial charge in [-0.25, -0.2) is 4.98 Å². The highest BCUT2D eigenvalue weighted by molar-refractivity contribution is 5.62. The summed E-state index contributed by atoms with van der Waals surface area (Å²) in [7, 11) is 4.23. The first-order chi connectivity index (χ1) is 9.74. The van der Waals surface area contributed by atoms with Crippen molar-refractivity contribution in [3.05, 3.63) is 41.9 Å². The van der Waals surface area contributed by atoms with Crippen LogP contribution in [0.15, 0.2) is 30.6 Å². The topological polar surface area (TPSA) is 21.1 Å². The molecule has 1 aliphatic rings. The quantitative estimate of drug-likeness (QED) is 0.851. The van der Waals surface area contributed by atoms with Gasteiger partial charge in [0.05, 0.1) is 12.0 Å². The number of benzene rings is 1. The maximum Gasteiger partial charge on any atom is 0.0956 e. The summed E-state index contributed by atoms with van der Waals surface area (Å²) in [6, 6.07) is 8.94. The molecule has 1 aromatic carbocycles. The van der Waals surface area contributed by atoms with E-state index in [1.807, 2.05) is 6.33 Å². The normalized spacial score (nSPS) is 14.6. The molecule has 0 fully saturated rings. The van der Waals surface area contributed by atoms with Crippen LogP contribution in [0.4, 0.5) is 0 Å². The zero-order valence-corrected chi connectivity index (χ0v) is 12.5. The minimum atomic E-state index is 1.10. The van der Waals surface area contributed by atoms with E-state index >= 15 is 0 Å². The minimum Gasteiger partial charge on any atom is -0.334 e. The molecule has 0 unspecified atom stereocenters. The second kappa shape index (κ2) is 5.80. The van der Waals surface area contributed by atoms with Gasteiger partial charge in [-0.15, -0.1) is 0 Å². The second-order valence-electron chi connectivity index (χ2n) is 5.94. The van der Waals surface area contributed by atoms with Crippen molar-refractivity contribution in [1.82, 2.24) is 14.5 Å². The maximum atomic E-state index is 4.63. The van der Waals surface area contributed by atoms with Crippen molar-refractivity contribution in [2.24, 2.45) is 0 Å². The Balaban J connectivity index is 1.79. The monoisotopic (exact) mass is 269 g/mol. The highest BCUT2D eigenvalue weighted by Gasteiger charge is 2.15. The van der Waals surface area contributed by atoms with E-state index in [2.05, 4.69) is 52.8 Å². The van der Waals surface area contributed by atoms with Crippen LogP contribution in [0, 0.1) is 0 Å². The number of rotatable bonds is 4. The number of imidazole rings is 1. The average molecular weight is 269 g/mol. The summed E-state index contributed by atoms with van der Waals surface area (Å²) >= 11 is 0. The lowest BCUT2D eigenvalue weighted by atomic mass is 10.0. The van der Waals surface area contributed by atoms with Gasteiger partial charge < -0.3 is 9.47 Å². The van der Waals surface area contributed by atoms with Crippen LogP contribution in [-0.4, -0.2) is 35.1 Å². The Bertz CT molecular complexity index is 566. The standard InChI is InChI=1S/C17H23N3/c1-19(2)12-10-14-6-8-15(9-7-14)17-16-5-3-4-11-20(16)13-18-17/h6-9,13H,3-5,10-12H2,1-2H3. The predicted molar refractivity (Wildman–Crippen MR) is 82.9 cm³/mol. The van der Waals surface area contributed by atoms with Crippen LogP contribution < -0.4 is 0 Å². The number of aromatic nitrogens is 2. The molecule has 3 heteroatoms. The molecule has 2 aromatic rings. The van der Waals surface area contributed by atoms with Gasteiger partial charge in [-0.05, 0) is 45.3 Å². The summed E-state index contributed by atoms with van der Waals surface area (Å²) in [5.41, 5.74) is 5.26. The lowest BCUT2D eigenvalue weighted by Crippen LogP contribution is -2.14. The molecule has 1 aliphatic heterocycles. The van der Waals surface area contributed by atoms with E-state index in [1.54, 1.807) is 0 Å². The van der Waals surface area contributed by atoms with E-state index < -0.39 is 0 Å². The molecule has 20 heavy (non-hydrogen) atoms. The molecule has 0 bridgehead atoms. The van der Waals surface area contributed by atoms with Gasteiger partial charge in [0.2, 0.25) is 0 Å². The van der Waals surface area contributed by atoms with E-state index in [9.17, 15) is 0 Å². The Morgan fingerprint density at radius 2 is 1.95 bits per heavy atom. The molecule has 3 rings (SSSR count). The minimum absolute atomic E-state index is 1.10. The smallest absolute Gasteiger partial charge is 0.0956 e. The van der Waals surface area contributed by atoms with Gasteiger partial charge in [0.25, 0.3) is 0 Å². The number of hydrogen-bond acceptors (Lipinski definition) is 2. The fourth-order valence-electron chi connectivity index (χ4n) is 2.86. The van der Waals surface area contributed by atoms with Gasteiger partial charge in [-0.2, -0.15) is 0 Å². The van der Waals surface area contributed by atoms with E-state index in [4.69, 9.17) is 0 Å². The summed E-state index contributed by atoms with van der Waals surface area (Å²) in [5.74, 6) is 0. The zero-order valence-electron chi connectivity index (χ0n) is 12.5. The average Bonchev–Trinajstić information content (AvgIpc) is 2.89. The maximum absolute atomic E-state index is 4.63. The van der Waals surface area contributed by atoms with Crippen molar-refractivity contribution in [2.45, 2.75) is 32.2 Å². The number of fused-ring (bicyclic) bond motifs is 1. The van der Waals surface area contributed by atoms with Crippen molar-refractivity contribution in [1.29, 1.82) is 0 Å². The molecule has 2 heterocycles. The van der Waals surface area contributed by atoms with E-state index in [1.165, 1.54) is 35.4 Å². The zero-order chi connectivity index (χ0) is 13.9. The third kappa shape index (κ3) is 2.78. The van der Waals surface area contributed by atoms with Gasteiger partial charge >= 0.3 is 0 Å². The summed E-state index contributed by atoms with van der Waals surface area (Å²) in [6.45, 7) is 2.22. The van der Waals surface area contributed by atoms with Gasteiger partial charge in [0.15, 0.2) is 0 Å². The van der Waals surface area contributed by atoms with Crippen molar-refractivity contribution in [2.75, 3.05) is 20.6 Å². The summed E-state index contributed by atoms with van der Waals surface area (Å²) in [4.78, 5) is 6.85. The number of likely N-dealkylation sites (N-methyl/N-ethyl adjacent to an activating group) is 1. The molecule has 0 radical (unpaired) electrons. The molecule has 0 saturated carbocycles. The second-order valence-corrected chi connectivity index (χ2v) is 5.94. The first-order valence-corrected chi connectivity index (χ1v) is 7.52. The van der Waals surface area contributed by atoms with Gasteiger partial charge in [-0.1, -0.05) is 24.3 Å². The Hall–Kier alpha value is -1.61. The third-order valence-electron chi connectivity index (χ3n) is 4.08. The first-order valence-electron chi connectivity index (χ1n) is 7.52. The van der Waals surface area contributed by atoms with Crippen LogP contribution >= 0.6 is 0 Å². The molecular formula is C17H23N3. The van der Waals surface area contributed by atoms with Crippen molar-refractivity contribution >= 4 is 0 Å². The fourth-order valence-corrected chi connectivity index (χ4v) is 2.86. The lowest BCUT2D eigenvalue weighted by molar-refractivity contribution is 0.413. The van der Waals surface area contributed by atoms with Crippen LogP contribution in [0.25, 0.3) is 11.3 Å². The lowest BCUT2D eigenvalue weighted by Gasteiger charge is -2.15. The van der Waals surface area contributed by atoms with Crippen LogP contribution in [0.3, 0.4) is 0 Å². The van der Waals surface area contributed by atoms with Crippen molar-refractivity contribution < 1.29 is 0 Å².